The number of nitrogens with zero attached hydrogens (tertiary/aromatic N) is 2. The van der Waals surface area contributed by atoms with Crippen LogP contribution in [0.15, 0.2) is 36.4 Å². The maximum absolute atomic E-state index is 13.2. The number of amides is 1. The molecule has 162 valence electrons. The van der Waals surface area contributed by atoms with Crippen molar-refractivity contribution in [2.45, 2.75) is 25.7 Å². The molecule has 0 saturated carbocycles. The fourth-order valence-electron chi connectivity index (χ4n) is 3.14. The first kappa shape index (κ1) is 21.2. The lowest BCUT2D eigenvalue weighted by Gasteiger charge is -2.17. The molecule has 1 aliphatic rings. The molecule has 0 aliphatic carbocycles. The second-order valence-electron chi connectivity index (χ2n) is 6.79. The van der Waals surface area contributed by atoms with Crippen molar-refractivity contribution < 1.29 is 27.1 Å². The van der Waals surface area contributed by atoms with E-state index in [4.69, 9.17) is 4.74 Å². The Morgan fingerprint density at radius 2 is 2.00 bits per heavy atom. The lowest BCUT2D eigenvalue weighted by molar-refractivity contribution is -0.139. The Labute approximate surface area is 178 Å². The molecule has 0 unspecified atom stereocenters. The summed E-state index contributed by atoms with van der Waals surface area (Å²) in [6.45, 7) is 1.30. The van der Waals surface area contributed by atoms with Gasteiger partial charge in [-0.1, -0.05) is 17.4 Å². The van der Waals surface area contributed by atoms with Crippen LogP contribution in [0.2, 0.25) is 0 Å². The number of hydrogen-bond donors (Lipinski definition) is 2. The van der Waals surface area contributed by atoms with E-state index in [1.807, 2.05) is 12.1 Å². The van der Waals surface area contributed by atoms with E-state index in [0.717, 1.165) is 54.1 Å². The van der Waals surface area contributed by atoms with Gasteiger partial charge in [-0.25, -0.2) is 4.39 Å². The molecule has 0 atom stereocenters. The number of carbonyl (C=O) groups excluding carboxylic acids is 1. The van der Waals surface area contributed by atoms with Crippen LogP contribution in [0, 0.1) is 5.82 Å². The number of benzene rings is 2. The fraction of sp³-hybridized carbons (Fsp3) is 0.250. The molecule has 2 N–H and O–H groups in total. The summed E-state index contributed by atoms with van der Waals surface area (Å²) in [4.78, 5) is 12.5. The van der Waals surface area contributed by atoms with Crippen LogP contribution in [0.3, 0.4) is 0 Å². The first-order chi connectivity index (χ1) is 14.8. The smallest absolute Gasteiger partial charge is 0.420 e. The van der Waals surface area contributed by atoms with Crippen LogP contribution in [-0.4, -0.2) is 22.6 Å². The van der Waals surface area contributed by atoms with Crippen molar-refractivity contribution in [3.05, 3.63) is 69.5 Å². The second-order valence-corrected chi connectivity index (χ2v) is 7.85. The Balaban J connectivity index is 1.41. The summed E-state index contributed by atoms with van der Waals surface area (Å²) >= 11 is 0.976. The van der Waals surface area contributed by atoms with Crippen LogP contribution < -0.4 is 15.4 Å². The molecule has 1 amide bonds. The Morgan fingerprint density at radius 3 is 2.81 bits per heavy atom. The molecular weight excluding hydrogens is 436 g/mol. The molecule has 3 aromatic rings. The van der Waals surface area contributed by atoms with Gasteiger partial charge in [-0.3, -0.25) is 10.1 Å². The summed E-state index contributed by atoms with van der Waals surface area (Å²) in [6, 6.07) is 7.62. The Bertz CT molecular complexity index is 1120. The van der Waals surface area contributed by atoms with E-state index in [1.54, 1.807) is 6.07 Å². The highest BCUT2D eigenvalue weighted by molar-refractivity contribution is 7.15. The number of hydrogen-bond acceptors (Lipinski definition) is 6. The standard InChI is InChI=1S/C20H16F4N4O2S/c21-14-3-4-16(15(8-14)20(22,23)24)30-10-17-27-28-19(31-17)26-18(29)12-1-2-13-9-25-6-5-11(13)7-12/h1-4,7-8,25H,5-6,9-10H2,(H,26,28,29). The number of nitrogens with one attached hydrogen (secondary N) is 2. The number of alkyl halides is 3. The van der Waals surface area contributed by atoms with Gasteiger partial charge in [-0.05, 0) is 54.4 Å². The molecule has 2 aromatic carbocycles. The molecule has 1 aliphatic heterocycles. The number of carbonyl (C=O) groups is 1. The van der Waals surface area contributed by atoms with Crippen molar-refractivity contribution in [3.8, 4) is 5.75 Å². The van der Waals surface area contributed by atoms with E-state index in [2.05, 4.69) is 20.8 Å². The van der Waals surface area contributed by atoms with Crippen LogP contribution in [-0.2, 0) is 25.7 Å². The van der Waals surface area contributed by atoms with Crippen molar-refractivity contribution >= 4 is 22.4 Å². The van der Waals surface area contributed by atoms with Crippen molar-refractivity contribution in [1.29, 1.82) is 0 Å². The average molecular weight is 452 g/mol. The average Bonchev–Trinajstić information content (AvgIpc) is 3.19. The van der Waals surface area contributed by atoms with Crippen molar-refractivity contribution in [2.75, 3.05) is 11.9 Å². The zero-order valence-electron chi connectivity index (χ0n) is 15.9. The minimum atomic E-state index is -4.76. The van der Waals surface area contributed by atoms with Gasteiger partial charge in [0.25, 0.3) is 5.91 Å². The summed E-state index contributed by atoms with van der Waals surface area (Å²) in [6.07, 6.45) is -3.93. The maximum atomic E-state index is 13.2. The van der Waals surface area contributed by atoms with Gasteiger partial charge in [-0.15, -0.1) is 10.2 Å². The number of aromatic nitrogens is 2. The predicted molar refractivity (Wildman–Crippen MR) is 105 cm³/mol. The zero-order chi connectivity index (χ0) is 22.0. The first-order valence-corrected chi connectivity index (χ1v) is 10.1. The minimum Gasteiger partial charge on any atom is -0.486 e. The van der Waals surface area contributed by atoms with E-state index in [9.17, 15) is 22.4 Å². The van der Waals surface area contributed by atoms with Gasteiger partial charge in [0.05, 0.1) is 0 Å². The SMILES string of the molecule is O=C(Nc1nnc(COc2ccc(F)cc2C(F)(F)F)s1)c1ccc2c(c1)CCNC2. The van der Waals surface area contributed by atoms with Crippen LogP contribution in [0.4, 0.5) is 22.7 Å². The molecule has 11 heteroatoms. The Morgan fingerprint density at radius 1 is 1.16 bits per heavy atom. The molecule has 1 aromatic heterocycles. The largest absolute Gasteiger partial charge is 0.486 e. The van der Waals surface area contributed by atoms with Crippen molar-refractivity contribution in [1.82, 2.24) is 15.5 Å². The summed E-state index contributed by atoms with van der Waals surface area (Å²) < 4.78 is 57.5. The van der Waals surface area contributed by atoms with E-state index in [-0.39, 0.29) is 22.7 Å². The lowest BCUT2D eigenvalue weighted by Crippen LogP contribution is -2.24. The predicted octanol–water partition coefficient (Wildman–Crippen LogP) is 4.17. The monoisotopic (exact) mass is 452 g/mol. The van der Waals surface area contributed by atoms with Crippen molar-refractivity contribution in [2.24, 2.45) is 0 Å². The number of ether oxygens (including phenoxy) is 1. The first-order valence-electron chi connectivity index (χ1n) is 9.25. The van der Waals surface area contributed by atoms with Crippen molar-refractivity contribution in [3.63, 3.8) is 0 Å². The highest BCUT2D eigenvalue weighted by Gasteiger charge is 2.35. The van der Waals surface area contributed by atoms with Crippen LogP contribution >= 0.6 is 11.3 Å². The summed E-state index contributed by atoms with van der Waals surface area (Å²) in [7, 11) is 0. The van der Waals surface area contributed by atoms with Gasteiger partial charge in [-0.2, -0.15) is 13.2 Å². The second kappa shape index (κ2) is 8.60. The van der Waals surface area contributed by atoms with Gasteiger partial charge >= 0.3 is 6.18 Å². The molecule has 2 heterocycles. The fourth-order valence-corrected chi connectivity index (χ4v) is 3.79. The highest BCUT2D eigenvalue weighted by Crippen LogP contribution is 2.37. The third-order valence-corrected chi connectivity index (χ3v) is 5.45. The van der Waals surface area contributed by atoms with Crippen LogP contribution in [0.25, 0.3) is 0 Å². The van der Waals surface area contributed by atoms with Gasteiger partial charge in [0.1, 0.15) is 23.7 Å². The van der Waals surface area contributed by atoms with Gasteiger partial charge < -0.3 is 10.1 Å². The maximum Gasteiger partial charge on any atom is 0.420 e. The van der Waals surface area contributed by atoms with Crippen LogP contribution in [0.1, 0.15) is 32.1 Å². The molecule has 6 nitrogen and oxygen atoms in total. The number of rotatable bonds is 5. The molecule has 31 heavy (non-hydrogen) atoms. The molecule has 4 rings (SSSR count). The van der Waals surface area contributed by atoms with E-state index in [0.29, 0.717) is 11.6 Å². The Hall–Kier alpha value is -3.05. The summed E-state index contributed by atoms with van der Waals surface area (Å²) in [5, 5.41) is 14.0. The third kappa shape index (κ3) is 5.00. The molecule has 0 bridgehead atoms. The molecule has 0 radical (unpaired) electrons. The number of anilines is 1. The zero-order valence-corrected chi connectivity index (χ0v) is 16.7. The topological polar surface area (TPSA) is 76.1 Å². The molecule has 0 saturated heterocycles. The van der Waals surface area contributed by atoms with Gasteiger partial charge in [0.2, 0.25) is 5.13 Å². The van der Waals surface area contributed by atoms with Gasteiger partial charge in [0.15, 0.2) is 5.01 Å². The number of halogens is 4. The lowest BCUT2D eigenvalue weighted by atomic mass is 9.98. The highest BCUT2D eigenvalue weighted by atomic mass is 32.1. The van der Waals surface area contributed by atoms with Gasteiger partial charge in [0, 0.05) is 12.1 Å². The van der Waals surface area contributed by atoms with E-state index in [1.165, 1.54) is 0 Å². The Kier molecular flexibility index (Phi) is 5.88. The normalized spacial score (nSPS) is 13.5. The van der Waals surface area contributed by atoms with E-state index >= 15 is 0 Å². The summed E-state index contributed by atoms with van der Waals surface area (Å²) in [5.41, 5.74) is 1.53. The minimum absolute atomic E-state index is 0.193. The third-order valence-electron chi connectivity index (χ3n) is 4.64. The van der Waals surface area contributed by atoms with E-state index < -0.39 is 23.3 Å². The molecule has 0 spiro atoms. The van der Waals surface area contributed by atoms with Crippen LogP contribution in [0.5, 0.6) is 5.75 Å². The summed E-state index contributed by atoms with van der Waals surface area (Å²) in [5.74, 6) is -1.89. The number of fused-ring (bicyclic) bond motifs is 1. The molecule has 0 fully saturated rings. The molecular formula is C20H16F4N4O2S. The quantitative estimate of drug-likeness (QED) is 0.569.